The summed E-state index contributed by atoms with van der Waals surface area (Å²) in [6.07, 6.45) is -0.138. The molecule has 0 spiro atoms. The second kappa shape index (κ2) is 8.45. The number of alkyl halides is 1. The third-order valence-electron chi connectivity index (χ3n) is 3.62. The van der Waals surface area contributed by atoms with Crippen LogP contribution in [0.5, 0.6) is 0 Å². The summed E-state index contributed by atoms with van der Waals surface area (Å²) in [5, 5.41) is 19.1. The third kappa shape index (κ3) is 5.62. The monoisotopic (exact) mass is 385 g/mol. The van der Waals surface area contributed by atoms with Crippen molar-refractivity contribution in [3.05, 3.63) is 35.4 Å². The number of nitrogens with zero attached hydrogens (tertiary/aromatic N) is 1. The van der Waals surface area contributed by atoms with E-state index in [0.717, 1.165) is 5.56 Å². The lowest BCUT2D eigenvalue weighted by Gasteiger charge is -2.39. The van der Waals surface area contributed by atoms with Gasteiger partial charge in [0.2, 0.25) is 0 Å². The Balaban J connectivity index is 2.99. The first kappa shape index (κ1) is 19.6. The molecule has 1 amide bonds. The van der Waals surface area contributed by atoms with Gasteiger partial charge in [0.05, 0.1) is 5.33 Å². The van der Waals surface area contributed by atoms with Crippen molar-refractivity contribution in [2.75, 3.05) is 11.9 Å². The number of Topliss-reactive ketones (excluding diaryl/α,β-unsaturated/α-hetero) is 1. The van der Waals surface area contributed by atoms with Gasteiger partial charge in [-0.3, -0.25) is 4.79 Å². The highest BCUT2D eigenvalue weighted by molar-refractivity contribution is 9.09. The van der Waals surface area contributed by atoms with Gasteiger partial charge in [0.1, 0.15) is 0 Å². The maximum Gasteiger partial charge on any atom is 0.407 e. The number of carboxylic acid groups (broad SMARTS) is 1. The second-order valence-electron chi connectivity index (χ2n) is 6.45. The van der Waals surface area contributed by atoms with Gasteiger partial charge in [-0.1, -0.05) is 40.2 Å². The molecule has 128 valence electrons. The Morgan fingerprint density at radius 2 is 1.78 bits per heavy atom. The molecular weight excluding hydrogens is 362 g/mol. The van der Waals surface area contributed by atoms with Gasteiger partial charge >= 0.3 is 6.09 Å². The molecule has 0 fully saturated rings. The van der Waals surface area contributed by atoms with Crippen LogP contribution in [0.4, 0.5) is 4.79 Å². The minimum atomic E-state index is -0.998. The Kier molecular flexibility index (Phi) is 7.22. The van der Waals surface area contributed by atoms with Gasteiger partial charge in [0, 0.05) is 23.8 Å². The van der Waals surface area contributed by atoms with Crippen molar-refractivity contribution in [2.24, 2.45) is 0 Å². The average molecular weight is 386 g/mol. The summed E-state index contributed by atoms with van der Waals surface area (Å²) in [7, 11) is 0. The van der Waals surface area contributed by atoms with E-state index in [2.05, 4.69) is 15.9 Å². The Bertz CT molecular complexity index is 537. The molecule has 23 heavy (non-hydrogen) atoms. The molecule has 0 radical (unpaired) electrons. The number of aliphatic hydroxyl groups is 1. The number of benzene rings is 1. The summed E-state index contributed by atoms with van der Waals surface area (Å²) >= 11 is 3.14. The first-order valence-corrected chi connectivity index (χ1v) is 8.64. The molecule has 1 aromatic rings. The molecule has 6 heteroatoms. The van der Waals surface area contributed by atoms with Crippen LogP contribution in [-0.2, 0) is 6.42 Å². The lowest BCUT2D eigenvalue weighted by Crippen LogP contribution is -2.52. The topological polar surface area (TPSA) is 77.8 Å². The van der Waals surface area contributed by atoms with Crippen LogP contribution in [0, 0.1) is 0 Å². The van der Waals surface area contributed by atoms with Crippen molar-refractivity contribution in [2.45, 2.75) is 45.2 Å². The number of hydrogen-bond donors (Lipinski definition) is 2. The molecule has 1 aromatic carbocycles. The molecule has 0 saturated heterocycles. The van der Waals surface area contributed by atoms with Crippen LogP contribution < -0.4 is 0 Å². The summed E-state index contributed by atoms with van der Waals surface area (Å²) in [6.45, 7) is 5.43. The van der Waals surface area contributed by atoms with E-state index < -0.39 is 11.6 Å². The molecule has 5 nitrogen and oxygen atoms in total. The highest BCUT2D eigenvalue weighted by Gasteiger charge is 2.32. The van der Waals surface area contributed by atoms with Crippen molar-refractivity contribution in [1.82, 2.24) is 4.90 Å². The van der Waals surface area contributed by atoms with Crippen LogP contribution in [0.25, 0.3) is 0 Å². The van der Waals surface area contributed by atoms with Crippen LogP contribution in [-0.4, -0.2) is 50.5 Å². The molecule has 0 heterocycles. The molecule has 2 N–H and O–H groups in total. The lowest BCUT2D eigenvalue weighted by atomic mass is 9.96. The Morgan fingerprint density at radius 3 is 2.17 bits per heavy atom. The van der Waals surface area contributed by atoms with Crippen LogP contribution in [0.1, 0.15) is 43.1 Å². The van der Waals surface area contributed by atoms with Crippen molar-refractivity contribution >= 4 is 27.8 Å². The van der Waals surface area contributed by atoms with Gasteiger partial charge in [-0.05, 0) is 39.2 Å². The quantitative estimate of drug-likeness (QED) is 0.557. The Hall–Kier alpha value is -1.40. The molecule has 0 unspecified atom stereocenters. The number of carbonyl (C=O) groups is 2. The molecule has 0 saturated carbocycles. The summed E-state index contributed by atoms with van der Waals surface area (Å²) in [5.74, 6) is 0.00492. The molecular formula is C17H24BrNO4. The first-order chi connectivity index (χ1) is 10.7. The van der Waals surface area contributed by atoms with Gasteiger partial charge in [-0.2, -0.15) is 0 Å². The predicted octanol–water partition coefficient (Wildman–Crippen LogP) is 3.34. The molecule has 0 aliphatic rings. The number of amides is 1. The Labute approximate surface area is 145 Å². The predicted molar refractivity (Wildman–Crippen MR) is 93.4 cm³/mol. The largest absolute Gasteiger partial charge is 0.465 e. The van der Waals surface area contributed by atoms with Crippen molar-refractivity contribution in [3.8, 4) is 0 Å². The lowest BCUT2D eigenvalue weighted by molar-refractivity contribution is 0.0606. The first-order valence-electron chi connectivity index (χ1n) is 7.52. The van der Waals surface area contributed by atoms with E-state index in [1.165, 1.54) is 4.90 Å². The number of halogens is 1. The van der Waals surface area contributed by atoms with Gasteiger partial charge in [-0.15, -0.1) is 0 Å². The summed E-state index contributed by atoms with van der Waals surface area (Å²) < 4.78 is 0. The zero-order valence-electron chi connectivity index (χ0n) is 13.8. The zero-order chi connectivity index (χ0) is 17.6. The zero-order valence-corrected chi connectivity index (χ0v) is 15.3. The number of rotatable bonds is 7. The third-order valence-corrected chi connectivity index (χ3v) is 4.13. The average Bonchev–Trinajstić information content (AvgIpc) is 2.45. The molecule has 0 aliphatic carbocycles. The van der Waals surface area contributed by atoms with Crippen LogP contribution >= 0.6 is 15.9 Å². The highest BCUT2D eigenvalue weighted by Crippen LogP contribution is 2.22. The van der Waals surface area contributed by atoms with Crippen LogP contribution in [0.3, 0.4) is 0 Å². The minimum absolute atomic E-state index is 0.00492. The normalized spacial score (nSPS) is 12.7. The van der Waals surface area contributed by atoms with Gasteiger partial charge in [0.15, 0.2) is 5.78 Å². The maximum atomic E-state index is 11.6. The molecule has 0 bridgehead atoms. The summed E-state index contributed by atoms with van der Waals surface area (Å²) in [5.41, 5.74) is 0.998. The van der Waals surface area contributed by atoms with E-state index >= 15 is 0 Å². The van der Waals surface area contributed by atoms with E-state index in [9.17, 15) is 19.8 Å². The number of hydrogen-bond acceptors (Lipinski definition) is 3. The van der Waals surface area contributed by atoms with Crippen molar-refractivity contribution < 1.29 is 19.8 Å². The molecule has 0 aromatic heterocycles. The van der Waals surface area contributed by atoms with Gasteiger partial charge in [-0.25, -0.2) is 4.79 Å². The fourth-order valence-corrected chi connectivity index (χ4v) is 2.96. The van der Waals surface area contributed by atoms with Gasteiger partial charge in [0.25, 0.3) is 0 Å². The van der Waals surface area contributed by atoms with Crippen molar-refractivity contribution in [3.63, 3.8) is 0 Å². The van der Waals surface area contributed by atoms with Crippen LogP contribution in [0.2, 0.25) is 0 Å². The molecule has 1 atom stereocenters. The van der Waals surface area contributed by atoms with E-state index in [4.69, 9.17) is 0 Å². The van der Waals surface area contributed by atoms with Crippen molar-refractivity contribution in [1.29, 1.82) is 0 Å². The van der Waals surface area contributed by atoms with E-state index in [1.807, 2.05) is 32.9 Å². The Morgan fingerprint density at radius 1 is 1.22 bits per heavy atom. The maximum absolute atomic E-state index is 11.6. The van der Waals surface area contributed by atoms with Gasteiger partial charge < -0.3 is 15.1 Å². The number of ketones is 1. The number of aliphatic hydroxyl groups excluding tert-OH is 1. The smallest absolute Gasteiger partial charge is 0.407 e. The fourth-order valence-electron chi connectivity index (χ4n) is 2.64. The summed E-state index contributed by atoms with van der Waals surface area (Å²) in [6, 6.07) is 6.84. The highest BCUT2D eigenvalue weighted by atomic mass is 79.9. The molecule has 1 rings (SSSR count). The van der Waals surface area contributed by atoms with E-state index in [1.54, 1.807) is 12.1 Å². The minimum Gasteiger partial charge on any atom is -0.465 e. The van der Waals surface area contributed by atoms with E-state index in [0.29, 0.717) is 18.4 Å². The SMILES string of the molecule is CC(C)(C)N(C(=O)O)[C@H](CCO)Cc1ccc(C(=O)CBr)cc1. The summed E-state index contributed by atoms with van der Waals surface area (Å²) in [4.78, 5) is 24.6. The second-order valence-corrected chi connectivity index (χ2v) is 7.01. The standard InChI is InChI=1S/C17H24BrNO4/c1-17(2,3)19(16(22)23)14(8-9-20)10-12-4-6-13(7-5-12)15(21)11-18/h4-7,14,20H,8-11H2,1-3H3,(H,22,23)/t14-/m1/s1. The van der Waals surface area contributed by atoms with E-state index in [-0.39, 0.29) is 23.8 Å². The van der Waals surface area contributed by atoms with Crippen LogP contribution in [0.15, 0.2) is 24.3 Å². The molecule has 0 aliphatic heterocycles. The number of carbonyl (C=O) groups excluding carboxylic acids is 1. The fraction of sp³-hybridized carbons (Fsp3) is 0.529.